The number of nitrogens with one attached hydrogen (secondary N) is 2. The number of nitroso groups, excluding NO2 is 1. The second-order valence-electron chi connectivity index (χ2n) is 12.4. The van der Waals surface area contributed by atoms with Gasteiger partial charge in [-0.25, -0.2) is 9.97 Å². The van der Waals surface area contributed by atoms with Gasteiger partial charge in [0.1, 0.15) is 28.7 Å². The summed E-state index contributed by atoms with van der Waals surface area (Å²) in [5.41, 5.74) is 3.58. The highest BCUT2D eigenvalue weighted by Crippen LogP contribution is 2.34. The number of aromatic nitrogens is 3. The van der Waals surface area contributed by atoms with Crippen molar-refractivity contribution in [2.75, 3.05) is 51.6 Å². The molecule has 2 N–H and O–H groups in total. The number of nitriles is 1. The zero-order valence-corrected chi connectivity index (χ0v) is 28.2. The number of anilines is 1. The van der Waals surface area contributed by atoms with E-state index >= 15 is 0 Å². The molecular weight excluding hydrogens is 637 g/mol. The van der Waals surface area contributed by atoms with Gasteiger partial charge in [-0.15, -0.1) is 11.3 Å². The van der Waals surface area contributed by atoms with Crippen LogP contribution in [0.3, 0.4) is 0 Å². The monoisotopic (exact) mass is 675 g/mol. The molecule has 10 nitrogen and oxygen atoms in total. The molecule has 4 radical (unpaired) electrons. The van der Waals surface area contributed by atoms with Gasteiger partial charge < -0.3 is 15.2 Å². The number of rotatable bonds is 8. The molecule has 48 heavy (non-hydrogen) atoms. The molecule has 0 aliphatic carbocycles. The van der Waals surface area contributed by atoms with Crippen molar-refractivity contribution in [3.63, 3.8) is 0 Å². The molecule has 2 fully saturated rings. The zero-order valence-electron chi connectivity index (χ0n) is 27.3. The second kappa shape index (κ2) is 14.9. The summed E-state index contributed by atoms with van der Waals surface area (Å²) in [6.45, 7) is 10.0. The van der Waals surface area contributed by atoms with Crippen molar-refractivity contribution in [3.05, 3.63) is 57.2 Å². The molecule has 1 aromatic carbocycles. The highest BCUT2D eigenvalue weighted by molar-refractivity contribution is 7.18. The van der Waals surface area contributed by atoms with Crippen molar-refractivity contribution in [2.45, 2.75) is 63.3 Å². The van der Waals surface area contributed by atoms with Crippen LogP contribution in [0.5, 0.6) is 0 Å². The average molecular weight is 675 g/mol. The van der Waals surface area contributed by atoms with E-state index in [0.29, 0.717) is 21.7 Å². The van der Waals surface area contributed by atoms with Gasteiger partial charge in [-0.3, -0.25) is 9.80 Å². The van der Waals surface area contributed by atoms with Crippen LogP contribution in [0.1, 0.15) is 41.5 Å². The van der Waals surface area contributed by atoms with E-state index in [0.717, 1.165) is 86.5 Å². The van der Waals surface area contributed by atoms with Crippen LogP contribution in [0.15, 0.2) is 35.8 Å². The van der Waals surface area contributed by atoms with Crippen molar-refractivity contribution < 1.29 is 13.2 Å². The molecule has 4 aromatic rings. The minimum Gasteiger partial charge on any atom is -0.367 e. The van der Waals surface area contributed by atoms with Crippen LogP contribution in [-0.2, 0) is 18.3 Å². The van der Waals surface area contributed by atoms with Crippen LogP contribution in [0, 0.1) is 23.2 Å². The summed E-state index contributed by atoms with van der Waals surface area (Å²) >= 11 is 1.06. The quantitative estimate of drug-likeness (QED) is 0.206. The van der Waals surface area contributed by atoms with Gasteiger partial charge in [-0.2, -0.15) is 23.3 Å². The standard InChI is InChI=1S/C31H35B2F3N8S.CH3NO/c1-19-21(3-4-27-25(19)13-23(16-37)44(27)31(32,33)20(2)43-11-7-38-8-12-43)17-42-9-5-22(6-10-42)41-28-26-14-24(15-30(34,35)36)45-29(26)40-18-39-28;1-2-3/h3-4,13-14,18,20,22,38H,5-12,15,17H2,1-2H3,(H,39,40,41);1H3. The Bertz CT molecular complexity index is 1770. The van der Waals surface area contributed by atoms with Crippen molar-refractivity contribution in [1.29, 1.82) is 5.26 Å². The Balaban J connectivity index is 0.00000145. The lowest BCUT2D eigenvalue weighted by Crippen LogP contribution is -2.58. The summed E-state index contributed by atoms with van der Waals surface area (Å²) in [7, 11) is 14.8. The van der Waals surface area contributed by atoms with Gasteiger partial charge in [-0.1, -0.05) is 11.2 Å². The molecule has 1 unspecified atom stereocenters. The van der Waals surface area contributed by atoms with Crippen molar-refractivity contribution in [2.24, 2.45) is 5.18 Å². The van der Waals surface area contributed by atoms with Gasteiger partial charge in [0.25, 0.3) is 0 Å². The minimum atomic E-state index is -4.26. The third-order valence-corrected chi connectivity index (χ3v) is 10.4. The van der Waals surface area contributed by atoms with Crippen LogP contribution >= 0.6 is 11.3 Å². The predicted molar refractivity (Wildman–Crippen MR) is 186 cm³/mol. The van der Waals surface area contributed by atoms with E-state index in [2.05, 4.69) is 54.6 Å². The number of hydrogen-bond donors (Lipinski definition) is 2. The molecule has 2 saturated heterocycles. The van der Waals surface area contributed by atoms with E-state index in [1.807, 2.05) is 19.1 Å². The first-order chi connectivity index (χ1) is 22.9. The molecule has 0 spiro atoms. The average Bonchev–Trinajstić information content (AvgIpc) is 3.65. The summed E-state index contributed by atoms with van der Waals surface area (Å²) in [6, 6.07) is 9.88. The van der Waals surface area contributed by atoms with Crippen molar-refractivity contribution in [1.82, 2.24) is 29.7 Å². The predicted octanol–water partition coefficient (Wildman–Crippen LogP) is 4.63. The first kappa shape index (κ1) is 35.8. The number of likely N-dealkylation sites (tertiary alicyclic amines) is 1. The number of fused-ring (bicyclic) bond motifs is 2. The molecule has 0 bridgehead atoms. The van der Waals surface area contributed by atoms with Crippen LogP contribution < -0.4 is 10.6 Å². The van der Waals surface area contributed by atoms with Crippen LogP contribution in [0.4, 0.5) is 19.0 Å². The summed E-state index contributed by atoms with van der Waals surface area (Å²) in [6.07, 6.45) is -2.08. The lowest BCUT2D eigenvalue weighted by atomic mass is 9.57. The SMILES string of the molecule is CN=O.[B]C([B])(C(C)N1CCNCC1)n1c(C#N)cc2c(C)c(CN3CCC(Nc4ncnc5sc(CC(F)(F)F)cc45)CC3)ccc21. The van der Waals surface area contributed by atoms with E-state index < -0.39 is 17.9 Å². The first-order valence-electron chi connectivity index (χ1n) is 15.9. The molecule has 6 rings (SSSR count). The maximum atomic E-state index is 12.9. The fourth-order valence-electron chi connectivity index (χ4n) is 6.66. The molecule has 5 heterocycles. The van der Waals surface area contributed by atoms with E-state index in [4.69, 9.17) is 20.6 Å². The molecule has 0 saturated carbocycles. The highest BCUT2D eigenvalue weighted by Gasteiger charge is 2.35. The van der Waals surface area contributed by atoms with Gasteiger partial charge in [-0.05, 0) is 61.4 Å². The van der Waals surface area contributed by atoms with E-state index in [1.54, 1.807) is 10.6 Å². The molecule has 16 heteroatoms. The molecule has 3 aromatic heterocycles. The summed E-state index contributed by atoms with van der Waals surface area (Å²) in [5.74, 6) is 0.587. The maximum Gasteiger partial charge on any atom is 0.393 e. The Morgan fingerprint density at radius 1 is 1.15 bits per heavy atom. The number of hydrogen-bond acceptors (Lipinski definition) is 10. The van der Waals surface area contributed by atoms with Gasteiger partial charge in [0.05, 0.1) is 34.5 Å². The smallest absolute Gasteiger partial charge is 0.367 e. The fraction of sp³-hybridized carbons (Fsp3) is 0.531. The topological polar surface area (TPSA) is 114 Å². The van der Waals surface area contributed by atoms with Crippen molar-refractivity contribution in [3.8, 4) is 6.07 Å². The lowest BCUT2D eigenvalue weighted by molar-refractivity contribution is -0.126. The number of piperidine rings is 1. The summed E-state index contributed by atoms with van der Waals surface area (Å²) in [5, 5.41) is 19.5. The van der Waals surface area contributed by atoms with Gasteiger partial charge in [0.2, 0.25) is 0 Å². The Labute approximate surface area is 284 Å². The van der Waals surface area contributed by atoms with Gasteiger partial charge in [0, 0.05) is 73.7 Å². The number of nitrogens with zero attached hydrogens (tertiary/aromatic N) is 7. The fourth-order valence-corrected chi connectivity index (χ4v) is 7.69. The second-order valence-corrected chi connectivity index (χ2v) is 13.5. The maximum absolute atomic E-state index is 12.9. The molecule has 0 amide bonds. The summed E-state index contributed by atoms with van der Waals surface area (Å²) in [4.78, 5) is 22.6. The largest absolute Gasteiger partial charge is 0.393 e. The number of alkyl halides is 3. The third-order valence-electron chi connectivity index (χ3n) is 9.31. The Morgan fingerprint density at radius 3 is 2.48 bits per heavy atom. The number of thiophene rings is 1. The van der Waals surface area contributed by atoms with E-state index in [9.17, 15) is 18.4 Å². The van der Waals surface area contributed by atoms with Gasteiger partial charge >= 0.3 is 6.18 Å². The third kappa shape index (κ3) is 7.86. The Hall–Kier alpha value is -3.51. The highest BCUT2D eigenvalue weighted by atomic mass is 32.1. The number of aryl methyl sites for hydroxylation is 1. The van der Waals surface area contributed by atoms with Crippen molar-refractivity contribution >= 4 is 54.0 Å². The number of piperazine rings is 1. The first-order valence-corrected chi connectivity index (χ1v) is 16.8. The van der Waals surface area contributed by atoms with Crippen LogP contribution in [0.25, 0.3) is 21.1 Å². The molecule has 1 atom stereocenters. The van der Waals surface area contributed by atoms with Crippen LogP contribution in [-0.4, -0.2) is 105 Å². The van der Waals surface area contributed by atoms with Gasteiger partial charge in [0.15, 0.2) is 0 Å². The Morgan fingerprint density at radius 2 is 1.83 bits per heavy atom. The van der Waals surface area contributed by atoms with E-state index in [1.165, 1.54) is 18.9 Å². The van der Waals surface area contributed by atoms with Crippen LogP contribution in [0.2, 0.25) is 0 Å². The lowest BCUT2D eigenvalue weighted by Gasteiger charge is -2.44. The minimum absolute atomic E-state index is 0.154. The molecule has 2 aliphatic rings. The van der Waals surface area contributed by atoms with E-state index in [-0.39, 0.29) is 17.0 Å². The number of benzene rings is 1. The number of halogens is 3. The normalized spacial score (nSPS) is 17.5. The zero-order chi connectivity index (χ0) is 34.6. The molecule has 250 valence electrons. The summed E-state index contributed by atoms with van der Waals surface area (Å²) < 4.78 is 40.6. The Kier molecular flexibility index (Phi) is 11.1. The molecular formula is C32H38B2F3N9OS. The molecule has 2 aliphatic heterocycles.